The van der Waals surface area contributed by atoms with E-state index in [0.29, 0.717) is 19.3 Å². The minimum atomic E-state index is -1.66. The van der Waals surface area contributed by atoms with E-state index >= 15 is 0 Å². The first-order valence-corrected chi connectivity index (χ1v) is 23.1. The van der Waals surface area contributed by atoms with E-state index in [1.54, 1.807) is 0 Å². The van der Waals surface area contributed by atoms with Gasteiger partial charge in [0.05, 0.1) is 25.4 Å². The Labute approximate surface area is 341 Å². The molecule has 11 heteroatoms. The molecule has 1 heterocycles. The topological polar surface area (TPSA) is 189 Å². The van der Waals surface area contributed by atoms with Crippen LogP contribution in [0.5, 0.6) is 0 Å². The second-order valence-electron chi connectivity index (χ2n) is 16.5. The number of aliphatic hydroxyl groups excluding tert-OH is 7. The van der Waals surface area contributed by atoms with Gasteiger partial charge in [0.25, 0.3) is 0 Å². The molecule has 11 nitrogen and oxygen atoms in total. The first kappa shape index (κ1) is 52.9. The van der Waals surface area contributed by atoms with Gasteiger partial charge in [-0.15, -0.1) is 0 Å². The quantitative estimate of drug-likeness (QED) is 0.0233. The maximum absolute atomic E-state index is 13.0. The van der Waals surface area contributed by atoms with Crippen LogP contribution in [-0.4, -0.2) is 110 Å². The average molecular weight is 802 g/mol. The van der Waals surface area contributed by atoms with E-state index in [9.17, 15) is 40.5 Å². The number of hydrogen-bond donors (Lipinski definition) is 8. The summed E-state index contributed by atoms with van der Waals surface area (Å²) >= 11 is 0. The van der Waals surface area contributed by atoms with E-state index in [4.69, 9.17) is 9.47 Å². The lowest BCUT2D eigenvalue weighted by Crippen LogP contribution is -2.60. The number of carbonyl (C=O) groups is 1. The fraction of sp³-hybridized carbons (Fsp3) is 0.933. The molecule has 0 radical (unpaired) electrons. The summed E-state index contributed by atoms with van der Waals surface area (Å²) in [5, 5.41) is 75.1. The highest BCUT2D eigenvalue weighted by atomic mass is 16.7. The average Bonchev–Trinajstić information content (AvgIpc) is 3.20. The third-order valence-corrected chi connectivity index (χ3v) is 11.3. The van der Waals surface area contributed by atoms with Gasteiger partial charge in [-0.2, -0.15) is 0 Å². The summed E-state index contributed by atoms with van der Waals surface area (Å²) < 4.78 is 11.0. The molecule has 9 atom stereocenters. The zero-order chi connectivity index (χ0) is 41.2. The van der Waals surface area contributed by atoms with Crippen LogP contribution < -0.4 is 5.32 Å². The highest BCUT2D eigenvalue weighted by molar-refractivity contribution is 5.80. The highest BCUT2D eigenvalue weighted by Crippen LogP contribution is 2.23. The minimum Gasteiger partial charge on any atom is -0.394 e. The van der Waals surface area contributed by atoms with Gasteiger partial charge in [0.2, 0.25) is 5.91 Å². The second kappa shape index (κ2) is 35.8. The fourth-order valence-corrected chi connectivity index (χ4v) is 7.43. The molecule has 56 heavy (non-hydrogen) atoms. The summed E-state index contributed by atoms with van der Waals surface area (Å²) in [6.07, 6.45) is 26.0. The molecule has 0 aromatic rings. The van der Waals surface area contributed by atoms with E-state index in [1.807, 2.05) is 0 Å². The van der Waals surface area contributed by atoms with Gasteiger partial charge >= 0.3 is 0 Å². The molecule has 0 spiro atoms. The van der Waals surface area contributed by atoms with E-state index in [2.05, 4.69) is 31.3 Å². The first-order valence-electron chi connectivity index (χ1n) is 23.1. The molecule has 0 aromatic heterocycles. The normalized spacial score (nSPS) is 22.3. The van der Waals surface area contributed by atoms with Crippen LogP contribution in [0.3, 0.4) is 0 Å². The molecule has 0 aromatic carbocycles. The molecule has 1 aliphatic rings. The molecule has 0 saturated carbocycles. The zero-order valence-corrected chi connectivity index (χ0v) is 35.6. The van der Waals surface area contributed by atoms with Crippen molar-refractivity contribution in [2.24, 2.45) is 0 Å². The third-order valence-electron chi connectivity index (χ3n) is 11.3. The van der Waals surface area contributed by atoms with Crippen LogP contribution in [0.2, 0.25) is 0 Å². The van der Waals surface area contributed by atoms with Crippen LogP contribution in [0.25, 0.3) is 0 Å². The van der Waals surface area contributed by atoms with Crippen molar-refractivity contribution in [3.63, 3.8) is 0 Å². The number of unbranched alkanes of at least 4 members (excludes halogenated alkanes) is 24. The zero-order valence-electron chi connectivity index (χ0n) is 35.6. The minimum absolute atomic E-state index is 0.256. The Morgan fingerprint density at radius 3 is 1.50 bits per heavy atom. The van der Waals surface area contributed by atoms with E-state index in [0.717, 1.165) is 57.8 Å². The van der Waals surface area contributed by atoms with Crippen molar-refractivity contribution in [1.82, 2.24) is 5.32 Å². The molecular weight excluding hydrogens is 714 g/mol. The Balaban J connectivity index is 2.29. The van der Waals surface area contributed by atoms with Crippen molar-refractivity contribution in [1.29, 1.82) is 0 Å². The molecule has 8 N–H and O–H groups in total. The molecule has 1 saturated heterocycles. The Kier molecular flexibility index (Phi) is 33.8. The number of nitrogens with one attached hydrogen (secondary N) is 1. The van der Waals surface area contributed by atoms with Crippen molar-refractivity contribution in [3.8, 4) is 0 Å². The smallest absolute Gasteiger partial charge is 0.249 e. The van der Waals surface area contributed by atoms with Crippen molar-refractivity contribution in [2.45, 2.75) is 255 Å². The van der Waals surface area contributed by atoms with Crippen LogP contribution in [0.4, 0.5) is 0 Å². The van der Waals surface area contributed by atoms with Crippen LogP contribution in [0, 0.1) is 0 Å². The maximum atomic E-state index is 13.0. The lowest BCUT2D eigenvalue weighted by Gasteiger charge is -2.40. The van der Waals surface area contributed by atoms with E-state index in [1.165, 1.54) is 103 Å². The fourth-order valence-electron chi connectivity index (χ4n) is 7.43. The molecule has 1 amide bonds. The summed E-state index contributed by atoms with van der Waals surface area (Å²) in [6.45, 7) is 3.36. The van der Waals surface area contributed by atoms with Crippen LogP contribution in [0.1, 0.15) is 200 Å². The van der Waals surface area contributed by atoms with Gasteiger partial charge in [0.1, 0.15) is 36.6 Å². The van der Waals surface area contributed by atoms with Gasteiger partial charge in [0, 0.05) is 0 Å². The summed E-state index contributed by atoms with van der Waals surface area (Å²) in [6, 6.07) is -1.16. The number of rotatable bonds is 38. The number of hydrogen-bond acceptors (Lipinski definition) is 10. The summed E-state index contributed by atoms with van der Waals surface area (Å²) in [4.78, 5) is 13.0. The van der Waals surface area contributed by atoms with Crippen molar-refractivity contribution >= 4 is 5.91 Å². The molecule has 0 bridgehead atoms. The standard InChI is InChI=1S/C45H87NO10/c1-3-5-7-9-11-12-13-14-15-16-17-18-19-20-21-22-23-24-25-26-27-29-31-33-38(49)44(54)46-36(40(50)37(48)32-30-28-10-8-6-4-2)35-55-45-43(53)42(52)41(51)39(34-47)56-45/h20-21,36-43,45,47-53H,3-19,22-35H2,1-2H3,(H,46,54)/b21-20-. The van der Waals surface area contributed by atoms with Crippen LogP contribution in [-0.2, 0) is 14.3 Å². The third kappa shape index (κ3) is 25.4. The molecule has 1 rings (SSSR count). The summed E-state index contributed by atoms with van der Waals surface area (Å²) in [7, 11) is 0. The molecule has 9 unspecified atom stereocenters. The molecule has 332 valence electrons. The predicted molar refractivity (Wildman–Crippen MR) is 224 cm³/mol. The number of allylic oxidation sites excluding steroid dienone is 2. The number of amides is 1. The maximum Gasteiger partial charge on any atom is 0.249 e. The molecule has 0 aliphatic carbocycles. The molecule has 1 fully saturated rings. The van der Waals surface area contributed by atoms with Crippen molar-refractivity contribution in [2.75, 3.05) is 13.2 Å². The lowest BCUT2D eigenvalue weighted by molar-refractivity contribution is -0.303. The Hall–Kier alpha value is -1.15. The predicted octanol–water partition coefficient (Wildman–Crippen LogP) is 7.28. The van der Waals surface area contributed by atoms with Gasteiger partial charge in [-0.25, -0.2) is 0 Å². The highest BCUT2D eigenvalue weighted by Gasteiger charge is 2.44. The van der Waals surface area contributed by atoms with Gasteiger partial charge in [-0.05, 0) is 38.5 Å². The van der Waals surface area contributed by atoms with Crippen molar-refractivity contribution < 1.29 is 50.0 Å². The van der Waals surface area contributed by atoms with E-state index in [-0.39, 0.29) is 6.42 Å². The Morgan fingerprint density at radius 1 is 0.607 bits per heavy atom. The number of carbonyl (C=O) groups excluding carboxylic acids is 1. The molecule has 1 aliphatic heterocycles. The summed E-state index contributed by atoms with van der Waals surface area (Å²) in [5.74, 6) is -0.704. The number of aliphatic hydroxyl groups is 7. The first-order chi connectivity index (χ1) is 27.2. The Morgan fingerprint density at radius 2 is 1.04 bits per heavy atom. The summed E-state index contributed by atoms with van der Waals surface area (Å²) in [5.41, 5.74) is 0. The van der Waals surface area contributed by atoms with E-state index < -0.39 is 74.2 Å². The Bertz CT molecular complexity index is 923. The van der Waals surface area contributed by atoms with Crippen molar-refractivity contribution in [3.05, 3.63) is 12.2 Å². The van der Waals surface area contributed by atoms with Gasteiger partial charge < -0.3 is 50.5 Å². The second-order valence-corrected chi connectivity index (χ2v) is 16.5. The van der Waals surface area contributed by atoms with Crippen LogP contribution >= 0.6 is 0 Å². The largest absolute Gasteiger partial charge is 0.394 e. The van der Waals surface area contributed by atoms with Gasteiger partial charge in [0.15, 0.2) is 6.29 Å². The van der Waals surface area contributed by atoms with Gasteiger partial charge in [-0.1, -0.05) is 174 Å². The number of ether oxygens (including phenoxy) is 2. The van der Waals surface area contributed by atoms with Gasteiger partial charge in [-0.3, -0.25) is 4.79 Å². The molecular formula is C45H87NO10. The SMILES string of the molecule is CCCCCCCCCCCCCC/C=C\CCCCCCCCCC(O)C(=O)NC(COC1OC(CO)C(O)C(O)C1O)C(O)C(O)CCCCCCCC. The van der Waals surface area contributed by atoms with Crippen LogP contribution in [0.15, 0.2) is 12.2 Å². The lowest BCUT2D eigenvalue weighted by atomic mass is 9.98. The monoisotopic (exact) mass is 802 g/mol.